The van der Waals surface area contributed by atoms with Gasteiger partial charge in [-0.1, -0.05) is 60.7 Å². The number of benzene rings is 2. The molecule has 0 aliphatic carbocycles. The Morgan fingerprint density at radius 3 is 2.30 bits per heavy atom. The number of hydrogen-bond donors (Lipinski definition) is 1. The van der Waals surface area contributed by atoms with E-state index in [-0.39, 0.29) is 5.82 Å². The summed E-state index contributed by atoms with van der Waals surface area (Å²) >= 11 is 0. The van der Waals surface area contributed by atoms with Gasteiger partial charge in [-0.25, -0.2) is 9.59 Å². The Morgan fingerprint density at radius 1 is 0.973 bits per heavy atom. The van der Waals surface area contributed by atoms with Crippen molar-refractivity contribution in [3.8, 4) is 11.3 Å². The molecule has 0 amide bonds. The topological polar surface area (TPSA) is 131 Å². The lowest BCUT2D eigenvalue weighted by molar-refractivity contribution is -0.136. The number of rotatable bonds is 8. The molecule has 4 rings (SSSR count). The van der Waals surface area contributed by atoms with Crippen LogP contribution in [0.3, 0.4) is 0 Å². The van der Waals surface area contributed by atoms with Gasteiger partial charge in [0.15, 0.2) is 6.61 Å². The van der Waals surface area contributed by atoms with Crippen molar-refractivity contribution in [3.63, 3.8) is 0 Å². The first-order valence-corrected chi connectivity index (χ1v) is 11.4. The van der Waals surface area contributed by atoms with Crippen molar-refractivity contribution >= 4 is 23.6 Å². The molecule has 0 unspecified atom stereocenters. The molecule has 0 saturated carbocycles. The molecular weight excluding hydrogens is 474 g/mol. The first-order valence-electron chi connectivity index (χ1n) is 11.4. The van der Waals surface area contributed by atoms with Gasteiger partial charge in [0.1, 0.15) is 11.4 Å². The third-order valence-electron chi connectivity index (χ3n) is 5.76. The zero-order valence-electron chi connectivity index (χ0n) is 20.3. The fourth-order valence-electron chi connectivity index (χ4n) is 3.77. The van der Waals surface area contributed by atoms with Crippen molar-refractivity contribution in [2.75, 3.05) is 12.3 Å². The Balaban J connectivity index is 1.52. The second kappa shape index (κ2) is 10.7. The highest BCUT2D eigenvalue weighted by Gasteiger charge is 2.21. The fraction of sp³-hybridized carbons (Fsp3) is 0.148. The summed E-state index contributed by atoms with van der Waals surface area (Å²) in [5.41, 5.74) is 7.17. The standard InChI is InChI=1S/C27H25N5O5/c1-30-25(28)23(26(35)31(2)27(30)36)21(33)17-37-22(34)14-13-20-16-32(15-18-9-5-3-6-10-18)29-24(20)19-11-7-4-8-12-19/h3-14,16H,15,17,28H2,1-2H3/b14-13+. The summed E-state index contributed by atoms with van der Waals surface area (Å²) in [5.74, 6) is -1.89. The summed E-state index contributed by atoms with van der Waals surface area (Å²) in [5, 5.41) is 4.69. The summed E-state index contributed by atoms with van der Waals surface area (Å²) in [4.78, 5) is 49.3. The van der Waals surface area contributed by atoms with Gasteiger partial charge in [0.25, 0.3) is 5.56 Å². The average molecular weight is 500 g/mol. The third kappa shape index (κ3) is 5.48. The average Bonchev–Trinajstić information content (AvgIpc) is 3.32. The zero-order valence-corrected chi connectivity index (χ0v) is 20.3. The number of aromatic nitrogens is 4. The van der Waals surface area contributed by atoms with Gasteiger partial charge in [0.2, 0.25) is 5.78 Å². The van der Waals surface area contributed by atoms with E-state index in [1.807, 2.05) is 66.9 Å². The second-order valence-corrected chi connectivity index (χ2v) is 8.31. The summed E-state index contributed by atoms with van der Waals surface area (Å²) in [6.45, 7) is -0.164. The van der Waals surface area contributed by atoms with Gasteiger partial charge >= 0.3 is 11.7 Å². The number of ether oxygens (including phenoxy) is 1. The number of carbonyl (C=O) groups is 2. The van der Waals surface area contributed by atoms with Crippen molar-refractivity contribution < 1.29 is 14.3 Å². The van der Waals surface area contributed by atoms with E-state index in [0.29, 0.717) is 17.8 Å². The van der Waals surface area contributed by atoms with Crippen LogP contribution in [-0.4, -0.2) is 37.3 Å². The molecule has 10 nitrogen and oxygen atoms in total. The maximum atomic E-state index is 12.6. The Morgan fingerprint density at radius 2 is 1.62 bits per heavy atom. The van der Waals surface area contributed by atoms with E-state index in [2.05, 4.69) is 0 Å². The molecule has 0 bridgehead atoms. The molecule has 2 aromatic carbocycles. The van der Waals surface area contributed by atoms with Gasteiger partial charge in [0.05, 0.1) is 12.2 Å². The van der Waals surface area contributed by atoms with Gasteiger partial charge in [0, 0.05) is 37.5 Å². The number of esters is 1. The molecule has 0 fully saturated rings. The third-order valence-corrected chi connectivity index (χ3v) is 5.76. The number of nitrogen functional groups attached to an aromatic ring is 1. The molecule has 4 aromatic rings. The molecule has 0 aliphatic heterocycles. The van der Waals surface area contributed by atoms with E-state index >= 15 is 0 Å². The molecular formula is C27H25N5O5. The first kappa shape index (κ1) is 25.1. The molecule has 0 radical (unpaired) electrons. The van der Waals surface area contributed by atoms with Crippen LogP contribution in [0.5, 0.6) is 0 Å². The number of nitrogens with two attached hydrogens (primary N) is 1. The minimum atomic E-state index is -0.851. The predicted octanol–water partition coefficient (Wildman–Crippen LogP) is 2.02. The van der Waals surface area contributed by atoms with E-state index < -0.39 is 35.2 Å². The maximum absolute atomic E-state index is 12.6. The summed E-state index contributed by atoms with van der Waals surface area (Å²) in [6.07, 6.45) is 4.56. The number of hydrogen-bond acceptors (Lipinski definition) is 7. The van der Waals surface area contributed by atoms with E-state index in [4.69, 9.17) is 15.6 Å². The van der Waals surface area contributed by atoms with Crippen LogP contribution in [0.1, 0.15) is 21.5 Å². The number of nitrogens with zero attached hydrogens (tertiary/aromatic N) is 4. The quantitative estimate of drug-likeness (QED) is 0.223. The molecule has 0 aliphatic rings. The molecule has 0 spiro atoms. The highest BCUT2D eigenvalue weighted by atomic mass is 16.5. The van der Waals surface area contributed by atoms with E-state index in [1.54, 1.807) is 10.8 Å². The lowest BCUT2D eigenvalue weighted by Gasteiger charge is -2.10. The minimum absolute atomic E-state index is 0.289. The van der Waals surface area contributed by atoms with Crippen molar-refractivity contribution in [1.82, 2.24) is 18.9 Å². The van der Waals surface area contributed by atoms with Gasteiger partial charge in [-0.2, -0.15) is 5.10 Å². The van der Waals surface area contributed by atoms with Crippen LogP contribution < -0.4 is 17.0 Å². The van der Waals surface area contributed by atoms with Crippen LogP contribution in [0.25, 0.3) is 17.3 Å². The first-order chi connectivity index (χ1) is 17.8. The minimum Gasteiger partial charge on any atom is -0.454 e. The Labute approximate surface area is 211 Å². The van der Waals surface area contributed by atoms with Crippen LogP contribution >= 0.6 is 0 Å². The van der Waals surface area contributed by atoms with E-state index in [0.717, 1.165) is 20.3 Å². The Hall–Kier alpha value is -4.99. The molecule has 0 saturated heterocycles. The molecule has 10 heteroatoms. The van der Waals surface area contributed by atoms with Crippen molar-refractivity contribution in [3.05, 3.63) is 110 Å². The highest BCUT2D eigenvalue weighted by molar-refractivity contribution is 6.02. The van der Waals surface area contributed by atoms with Crippen LogP contribution in [0.2, 0.25) is 0 Å². The number of anilines is 1. The van der Waals surface area contributed by atoms with Gasteiger partial charge in [-0.05, 0) is 11.6 Å². The van der Waals surface area contributed by atoms with Crippen molar-refractivity contribution in [2.24, 2.45) is 14.1 Å². The smallest absolute Gasteiger partial charge is 0.332 e. The zero-order chi connectivity index (χ0) is 26.5. The van der Waals surface area contributed by atoms with Crippen LogP contribution in [-0.2, 0) is 30.2 Å². The SMILES string of the molecule is Cn1c(N)c(C(=O)COC(=O)/C=C/c2cn(Cc3ccccc3)nc2-c2ccccc2)c(=O)n(C)c1=O. The van der Waals surface area contributed by atoms with Gasteiger partial charge in [-0.15, -0.1) is 0 Å². The van der Waals surface area contributed by atoms with Gasteiger partial charge < -0.3 is 10.5 Å². The summed E-state index contributed by atoms with van der Waals surface area (Å²) in [7, 11) is 2.57. The highest BCUT2D eigenvalue weighted by Crippen LogP contribution is 2.23. The number of Topliss-reactive ketones (excluding diaryl/α,β-unsaturated/α-hetero) is 1. The lowest BCUT2D eigenvalue weighted by atomic mass is 10.1. The molecule has 2 heterocycles. The largest absolute Gasteiger partial charge is 0.454 e. The van der Waals surface area contributed by atoms with Crippen LogP contribution in [0, 0.1) is 0 Å². The Kier molecular flexibility index (Phi) is 7.28. The molecule has 188 valence electrons. The lowest BCUT2D eigenvalue weighted by Crippen LogP contribution is -2.42. The van der Waals surface area contributed by atoms with Crippen LogP contribution in [0.15, 0.2) is 82.5 Å². The maximum Gasteiger partial charge on any atom is 0.332 e. The summed E-state index contributed by atoms with van der Waals surface area (Å²) < 4.78 is 8.58. The molecule has 0 atom stereocenters. The molecule has 2 N–H and O–H groups in total. The van der Waals surface area contributed by atoms with E-state index in [1.165, 1.54) is 20.2 Å². The van der Waals surface area contributed by atoms with Crippen molar-refractivity contribution in [2.45, 2.75) is 6.54 Å². The summed E-state index contributed by atoms with van der Waals surface area (Å²) in [6, 6.07) is 19.4. The predicted molar refractivity (Wildman–Crippen MR) is 139 cm³/mol. The van der Waals surface area contributed by atoms with E-state index in [9.17, 15) is 19.2 Å². The fourth-order valence-corrected chi connectivity index (χ4v) is 3.77. The number of carbonyl (C=O) groups excluding carboxylic acids is 2. The Bertz CT molecular complexity index is 1600. The normalized spacial score (nSPS) is 11.1. The monoisotopic (exact) mass is 499 g/mol. The number of ketones is 1. The van der Waals surface area contributed by atoms with Gasteiger partial charge in [-0.3, -0.25) is 23.4 Å². The molecule has 37 heavy (non-hydrogen) atoms. The van der Waals surface area contributed by atoms with Crippen LogP contribution in [0.4, 0.5) is 5.82 Å². The second-order valence-electron chi connectivity index (χ2n) is 8.31. The van der Waals surface area contributed by atoms with Crippen molar-refractivity contribution in [1.29, 1.82) is 0 Å². The molecule has 2 aromatic heterocycles.